The van der Waals surface area contributed by atoms with E-state index in [0.29, 0.717) is 43.5 Å². The lowest BCUT2D eigenvalue weighted by atomic mass is 10.2. The Kier molecular flexibility index (Phi) is 4.17. The molecule has 1 saturated heterocycles. The number of nitrogens with zero attached hydrogens (tertiary/aromatic N) is 5. The number of carbonyl (C=O) groups excluding carboxylic acids is 1. The maximum atomic E-state index is 12.8. The summed E-state index contributed by atoms with van der Waals surface area (Å²) in [6.45, 7) is 2.31. The third-order valence-electron chi connectivity index (χ3n) is 5.22. The minimum Gasteiger partial charge on any atom is -0.378 e. The van der Waals surface area contributed by atoms with Crippen molar-refractivity contribution in [3.05, 3.63) is 36.3 Å². The SMILES string of the molecule is CNc1nc2[nH]c(-c3cccc(C(=O)N4CCOCC4)n3)cc2c2c1ncn2C. The molecule has 0 bridgehead atoms. The summed E-state index contributed by atoms with van der Waals surface area (Å²) in [7, 11) is 3.79. The molecule has 1 amide bonds. The van der Waals surface area contributed by atoms with E-state index in [4.69, 9.17) is 4.74 Å². The van der Waals surface area contributed by atoms with Crippen LogP contribution in [0.3, 0.4) is 0 Å². The molecule has 4 aromatic rings. The first-order valence-corrected chi connectivity index (χ1v) is 9.51. The van der Waals surface area contributed by atoms with Crippen LogP contribution in [-0.2, 0) is 11.8 Å². The highest BCUT2D eigenvalue weighted by Crippen LogP contribution is 2.31. The number of nitrogens with one attached hydrogen (secondary N) is 2. The van der Waals surface area contributed by atoms with Crippen LogP contribution in [0, 0.1) is 0 Å². The average molecular weight is 391 g/mol. The minimum atomic E-state index is -0.0733. The summed E-state index contributed by atoms with van der Waals surface area (Å²) < 4.78 is 7.31. The van der Waals surface area contributed by atoms with Gasteiger partial charge in [-0.05, 0) is 18.2 Å². The van der Waals surface area contributed by atoms with Gasteiger partial charge in [-0.25, -0.2) is 15.0 Å². The van der Waals surface area contributed by atoms with Gasteiger partial charge < -0.3 is 24.5 Å². The van der Waals surface area contributed by atoms with Crippen LogP contribution in [0.25, 0.3) is 33.5 Å². The van der Waals surface area contributed by atoms with Gasteiger partial charge in [-0.3, -0.25) is 4.79 Å². The molecule has 0 saturated carbocycles. The number of morpholine rings is 1. The number of ether oxygens (including phenoxy) is 1. The van der Waals surface area contributed by atoms with Gasteiger partial charge in [0, 0.05) is 32.6 Å². The second-order valence-corrected chi connectivity index (χ2v) is 7.02. The van der Waals surface area contributed by atoms with E-state index in [0.717, 1.165) is 27.8 Å². The lowest BCUT2D eigenvalue weighted by Gasteiger charge is -2.26. The zero-order valence-corrected chi connectivity index (χ0v) is 16.3. The number of H-pyrrole nitrogens is 1. The predicted molar refractivity (Wildman–Crippen MR) is 110 cm³/mol. The molecule has 1 aliphatic rings. The number of aryl methyl sites for hydroxylation is 1. The Morgan fingerprint density at radius 3 is 2.86 bits per heavy atom. The Morgan fingerprint density at radius 1 is 1.24 bits per heavy atom. The third kappa shape index (κ3) is 2.90. The van der Waals surface area contributed by atoms with Gasteiger partial charge in [0.05, 0.1) is 36.4 Å². The topological polar surface area (TPSA) is 101 Å². The van der Waals surface area contributed by atoms with Crippen molar-refractivity contribution in [2.75, 3.05) is 38.7 Å². The molecule has 1 fully saturated rings. The largest absolute Gasteiger partial charge is 0.378 e. The van der Waals surface area contributed by atoms with Crippen molar-refractivity contribution in [2.24, 2.45) is 7.05 Å². The first-order valence-electron chi connectivity index (χ1n) is 9.51. The molecule has 9 nitrogen and oxygen atoms in total. The highest BCUT2D eigenvalue weighted by molar-refractivity contribution is 6.07. The molecule has 0 unspecified atom stereocenters. The van der Waals surface area contributed by atoms with E-state index >= 15 is 0 Å². The molecule has 2 N–H and O–H groups in total. The molecule has 5 heterocycles. The number of anilines is 1. The van der Waals surface area contributed by atoms with Crippen LogP contribution >= 0.6 is 0 Å². The maximum absolute atomic E-state index is 12.8. The van der Waals surface area contributed by atoms with Gasteiger partial charge in [0.15, 0.2) is 5.82 Å². The van der Waals surface area contributed by atoms with Crippen LogP contribution in [0.2, 0.25) is 0 Å². The molecule has 4 aromatic heterocycles. The number of fused-ring (bicyclic) bond motifs is 3. The Hall–Kier alpha value is -3.46. The van der Waals surface area contributed by atoms with E-state index in [1.165, 1.54) is 0 Å². The number of aromatic amines is 1. The minimum absolute atomic E-state index is 0.0733. The number of imidazole rings is 1. The normalized spacial score (nSPS) is 14.6. The number of hydrogen-bond acceptors (Lipinski definition) is 6. The lowest BCUT2D eigenvalue weighted by Crippen LogP contribution is -2.41. The number of amides is 1. The van der Waals surface area contributed by atoms with Gasteiger partial charge in [0.25, 0.3) is 5.91 Å². The van der Waals surface area contributed by atoms with Gasteiger partial charge in [-0.2, -0.15) is 0 Å². The molecule has 1 aliphatic heterocycles. The quantitative estimate of drug-likeness (QED) is 0.554. The first-order chi connectivity index (χ1) is 14.2. The van der Waals surface area contributed by atoms with Crippen molar-refractivity contribution in [3.8, 4) is 11.4 Å². The van der Waals surface area contributed by atoms with Crippen LogP contribution in [-0.4, -0.2) is 68.7 Å². The van der Waals surface area contributed by atoms with Crippen molar-refractivity contribution >= 4 is 33.8 Å². The zero-order valence-electron chi connectivity index (χ0n) is 16.3. The summed E-state index contributed by atoms with van der Waals surface area (Å²) in [6.07, 6.45) is 1.78. The second kappa shape index (κ2) is 6.85. The molecule has 0 aliphatic carbocycles. The third-order valence-corrected chi connectivity index (χ3v) is 5.22. The van der Waals surface area contributed by atoms with E-state index in [-0.39, 0.29) is 5.91 Å². The Labute approximate surface area is 166 Å². The summed E-state index contributed by atoms with van der Waals surface area (Å²) in [5.41, 5.74) is 4.48. The molecule has 0 spiro atoms. The van der Waals surface area contributed by atoms with E-state index < -0.39 is 0 Å². The highest BCUT2D eigenvalue weighted by atomic mass is 16.5. The fraction of sp³-hybridized carbons (Fsp3) is 0.300. The Bertz CT molecular complexity index is 1220. The summed E-state index contributed by atoms with van der Waals surface area (Å²) in [5, 5.41) is 4.06. The smallest absolute Gasteiger partial charge is 0.272 e. The fourth-order valence-corrected chi connectivity index (χ4v) is 3.74. The number of aromatic nitrogens is 5. The Morgan fingerprint density at radius 2 is 2.07 bits per heavy atom. The number of carbonyl (C=O) groups is 1. The lowest BCUT2D eigenvalue weighted by molar-refractivity contribution is 0.0299. The van der Waals surface area contributed by atoms with Gasteiger partial charge in [0.1, 0.15) is 16.9 Å². The molecule has 0 atom stereocenters. The van der Waals surface area contributed by atoms with Crippen molar-refractivity contribution in [1.29, 1.82) is 0 Å². The fourth-order valence-electron chi connectivity index (χ4n) is 3.74. The molecular formula is C20H21N7O2. The summed E-state index contributed by atoms with van der Waals surface area (Å²) >= 11 is 0. The molecule has 9 heteroatoms. The number of pyridine rings is 2. The van der Waals surface area contributed by atoms with Crippen molar-refractivity contribution in [3.63, 3.8) is 0 Å². The average Bonchev–Trinajstić information content (AvgIpc) is 3.37. The number of rotatable bonds is 3. The summed E-state index contributed by atoms with van der Waals surface area (Å²) in [6, 6.07) is 7.51. The first kappa shape index (κ1) is 17.6. The van der Waals surface area contributed by atoms with Gasteiger partial charge >= 0.3 is 0 Å². The highest BCUT2D eigenvalue weighted by Gasteiger charge is 2.21. The monoisotopic (exact) mass is 391 g/mol. The van der Waals surface area contributed by atoms with E-state index in [9.17, 15) is 4.79 Å². The Balaban J connectivity index is 1.58. The van der Waals surface area contributed by atoms with Crippen LogP contribution in [0.4, 0.5) is 5.82 Å². The second-order valence-electron chi connectivity index (χ2n) is 7.02. The van der Waals surface area contributed by atoms with Gasteiger partial charge in [-0.1, -0.05) is 6.07 Å². The molecule has 29 heavy (non-hydrogen) atoms. The van der Waals surface area contributed by atoms with Crippen LogP contribution < -0.4 is 5.32 Å². The van der Waals surface area contributed by atoms with Crippen LogP contribution in [0.5, 0.6) is 0 Å². The van der Waals surface area contributed by atoms with Gasteiger partial charge in [0.2, 0.25) is 0 Å². The van der Waals surface area contributed by atoms with Crippen molar-refractivity contribution < 1.29 is 9.53 Å². The van der Waals surface area contributed by atoms with Gasteiger partial charge in [-0.15, -0.1) is 0 Å². The summed E-state index contributed by atoms with van der Waals surface area (Å²) in [4.78, 5) is 31.6. The molecule has 148 valence electrons. The summed E-state index contributed by atoms with van der Waals surface area (Å²) in [5.74, 6) is 0.640. The van der Waals surface area contributed by atoms with Crippen LogP contribution in [0.1, 0.15) is 10.5 Å². The van der Waals surface area contributed by atoms with E-state index in [2.05, 4.69) is 25.3 Å². The van der Waals surface area contributed by atoms with Crippen LogP contribution in [0.15, 0.2) is 30.6 Å². The maximum Gasteiger partial charge on any atom is 0.272 e. The van der Waals surface area contributed by atoms with Crippen molar-refractivity contribution in [2.45, 2.75) is 0 Å². The van der Waals surface area contributed by atoms with E-state index in [1.54, 1.807) is 17.3 Å². The van der Waals surface area contributed by atoms with Crippen molar-refractivity contribution in [1.82, 2.24) is 29.4 Å². The zero-order chi connectivity index (χ0) is 20.0. The van der Waals surface area contributed by atoms with E-state index in [1.807, 2.05) is 36.9 Å². The molecule has 5 rings (SSSR count). The standard InChI is InChI=1S/C20H21N7O2/c1-21-19-16-17(26(2)11-22-16)12-10-15(24-18(12)25-19)13-4-3-5-14(23-13)20(28)27-6-8-29-9-7-27/h3-5,10-11H,6-9H2,1-2H3,(H2,21,24,25). The number of hydrogen-bond donors (Lipinski definition) is 2. The predicted octanol–water partition coefficient (Wildman–Crippen LogP) is 2.03. The molecule has 0 radical (unpaired) electrons. The molecular weight excluding hydrogens is 370 g/mol. The molecule has 0 aromatic carbocycles.